The molecule has 1 aromatic carbocycles. The predicted octanol–water partition coefficient (Wildman–Crippen LogP) is 1.91. The summed E-state index contributed by atoms with van der Waals surface area (Å²) in [6.07, 6.45) is 2.47. The summed E-state index contributed by atoms with van der Waals surface area (Å²) in [4.78, 5) is 3.13. The molecule has 1 atom stereocenters. The molecule has 0 saturated carbocycles. The van der Waals surface area contributed by atoms with E-state index in [1.807, 2.05) is 30.5 Å². The lowest BCUT2D eigenvalue weighted by molar-refractivity contribution is 0.107. The van der Waals surface area contributed by atoms with E-state index in [0.717, 1.165) is 29.6 Å². The second kappa shape index (κ2) is 6.42. The zero-order chi connectivity index (χ0) is 12.8. The van der Waals surface area contributed by atoms with Gasteiger partial charge in [0.1, 0.15) is 18.5 Å². The maximum absolute atomic E-state index is 9.76. The number of benzene rings is 1. The van der Waals surface area contributed by atoms with Gasteiger partial charge < -0.3 is 20.1 Å². The fraction of sp³-hybridized carbons (Fsp3) is 0.429. The van der Waals surface area contributed by atoms with Crippen LogP contribution in [0.2, 0.25) is 0 Å². The molecule has 0 fully saturated rings. The van der Waals surface area contributed by atoms with Gasteiger partial charge in [-0.25, -0.2) is 0 Å². The molecule has 98 valence electrons. The Morgan fingerprint density at radius 2 is 2.28 bits per heavy atom. The molecule has 18 heavy (non-hydrogen) atoms. The number of aromatic nitrogens is 1. The Morgan fingerprint density at radius 1 is 1.39 bits per heavy atom. The fourth-order valence-electron chi connectivity index (χ4n) is 1.87. The summed E-state index contributed by atoms with van der Waals surface area (Å²) in [5, 5.41) is 14.0. The highest BCUT2D eigenvalue weighted by Gasteiger charge is 2.07. The number of hydrogen-bond donors (Lipinski definition) is 3. The minimum atomic E-state index is -0.481. The number of aliphatic hydroxyl groups is 1. The number of aromatic amines is 1. The van der Waals surface area contributed by atoms with Gasteiger partial charge in [0.05, 0.1) is 0 Å². The molecule has 4 heteroatoms. The SMILES string of the molecule is CCCNCC(O)COc1cccc2[nH]ccc12. The van der Waals surface area contributed by atoms with Crippen molar-refractivity contribution in [3.63, 3.8) is 0 Å². The Hall–Kier alpha value is -1.52. The normalized spacial score (nSPS) is 12.8. The van der Waals surface area contributed by atoms with Crippen LogP contribution >= 0.6 is 0 Å². The number of fused-ring (bicyclic) bond motifs is 1. The van der Waals surface area contributed by atoms with E-state index < -0.39 is 6.10 Å². The molecular formula is C14H20N2O2. The van der Waals surface area contributed by atoms with Crippen LogP contribution in [-0.2, 0) is 0 Å². The Balaban J connectivity index is 1.88. The summed E-state index contributed by atoms with van der Waals surface area (Å²) in [5.41, 5.74) is 1.05. The van der Waals surface area contributed by atoms with Gasteiger partial charge in [0.25, 0.3) is 0 Å². The van der Waals surface area contributed by atoms with E-state index >= 15 is 0 Å². The molecule has 0 amide bonds. The van der Waals surface area contributed by atoms with E-state index in [0.29, 0.717) is 13.2 Å². The maximum Gasteiger partial charge on any atom is 0.128 e. The highest BCUT2D eigenvalue weighted by Crippen LogP contribution is 2.24. The number of aliphatic hydroxyl groups excluding tert-OH is 1. The Bertz CT molecular complexity index is 481. The van der Waals surface area contributed by atoms with E-state index in [1.165, 1.54) is 0 Å². The fourth-order valence-corrected chi connectivity index (χ4v) is 1.87. The van der Waals surface area contributed by atoms with Crippen LogP contribution in [0.3, 0.4) is 0 Å². The van der Waals surface area contributed by atoms with Crippen LogP contribution in [0.1, 0.15) is 13.3 Å². The average molecular weight is 248 g/mol. The molecule has 0 saturated heterocycles. The van der Waals surface area contributed by atoms with Crippen molar-refractivity contribution in [3.8, 4) is 5.75 Å². The third kappa shape index (κ3) is 3.24. The van der Waals surface area contributed by atoms with Crippen LogP contribution in [0.4, 0.5) is 0 Å². The predicted molar refractivity (Wildman–Crippen MR) is 73.0 cm³/mol. The summed E-state index contributed by atoms with van der Waals surface area (Å²) >= 11 is 0. The smallest absolute Gasteiger partial charge is 0.128 e. The first-order valence-corrected chi connectivity index (χ1v) is 6.39. The third-order valence-corrected chi connectivity index (χ3v) is 2.79. The minimum Gasteiger partial charge on any atom is -0.490 e. The Morgan fingerprint density at radius 3 is 3.11 bits per heavy atom. The van der Waals surface area contributed by atoms with Crippen molar-refractivity contribution in [1.82, 2.24) is 10.3 Å². The molecular weight excluding hydrogens is 228 g/mol. The van der Waals surface area contributed by atoms with E-state index in [9.17, 15) is 5.11 Å². The molecule has 0 spiro atoms. The zero-order valence-corrected chi connectivity index (χ0v) is 10.6. The zero-order valence-electron chi connectivity index (χ0n) is 10.6. The van der Waals surface area contributed by atoms with Crippen molar-refractivity contribution in [1.29, 1.82) is 0 Å². The van der Waals surface area contributed by atoms with Crippen LogP contribution in [0.15, 0.2) is 30.5 Å². The van der Waals surface area contributed by atoms with Gasteiger partial charge in [0.2, 0.25) is 0 Å². The summed E-state index contributed by atoms with van der Waals surface area (Å²) < 4.78 is 5.66. The van der Waals surface area contributed by atoms with Gasteiger partial charge in [-0.3, -0.25) is 0 Å². The molecule has 0 aliphatic carbocycles. The van der Waals surface area contributed by atoms with Gasteiger partial charge in [-0.2, -0.15) is 0 Å². The number of rotatable bonds is 7. The number of nitrogens with one attached hydrogen (secondary N) is 2. The van der Waals surface area contributed by atoms with E-state index in [4.69, 9.17) is 4.74 Å². The third-order valence-electron chi connectivity index (χ3n) is 2.79. The lowest BCUT2D eigenvalue weighted by Gasteiger charge is -2.13. The second-order valence-corrected chi connectivity index (χ2v) is 4.36. The van der Waals surface area contributed by atoms with E-state index in [2.05, 4.69) is 17.2 Å². The first-order valence-electron chi connectivity index (χ1n) is 6.39. The summed E-state index contributed by atoms with van der Waals surface area (Å²) in [7, 11) is 0. The van der Waals surface area contributed by atoms with Crippen LogP contribution in [0.5, 0.6) is 5.75 Å². The van der Waals surface area contributed by atoms with Crippen molar-refractivity contribution >= 4 is 10.9 Å². The van der Waals surface area contributed by atoms with Gasteiger partial charge in [-0.15, -0.1) is 0 Å². The highest BCUT2D eigenvalue weighted by atomic mass is 16.5. The maximum atomic E-state index is 9.76. The molecule has 1 aromatic heterocycles. The van der Waals surface area contributed by atoms with Gasteiger partial charge in [0.15, 0.2) is 0 Å². The standard InChI is InChI=1S/C14H20N2O2/c1-2-7-15-9-11(17)10-18-14-5-3-4-13-12(14)6-8-16-13/h3-6,8,11,15-17H,2,7,9-10H2,1H3. The van der Waals surface area contributed by atoms with Crippen LogP contribution in [0.25, 0.3) is 10.9 Å². The first-order chi connectivity index (χ1) is 8.81. The second-order valence-electron chi connectivity index (χ2n) is 4.36. The topological polar surface area (TPSA) is 57.3 Å². The average Bonchev–Trinajstić information content (AvgIpc) is 2.85. The van der Waals surface area contributed by atoms with Crippen LogP contribution in [0, 0.1) is 0 Å². The quantitative estimate of drug-likeness (QED) is 0.656. The monoisotopic (exact) mass is 248 g/mol. The van der Waals surface area contributed by atoms with E-state index in [-0.39, 0.29) is 0 Å². The molecule has 1 heterocycles. The highest BCUT2D eigenvalue weighted by molar-refractivity contribution is 5.85. The summed E-state index contributed by atoms with van der Waals surface area (Å²) in [6, 6.07) is 7.84. The number of ether oxygens (including phenoxy) is 1. The van der Waals surface area contributed by atoms with Gasteiger partial charge >= 0.3 is 0 Å². The van der Waals surface area contributed by atoms with Crippen molar-refractivity contribution in [2.45, 2.75) is 19.4 Å². The minimum absolute atomic E-state index is 0.307. The lowest BCUT2D eigenvalue weighted by Crippen LogP contribution is -2.31. The molecule has 2 aromatic rings. The van der Waals surface area contributed by atoms with Crippen molar-refractivity contribution in [2.75, 3.05) is 19.7 Å². The molecule has 3 N–H and O–H groups in total. The van der Waals surface area contributed by atoms with Gasteiger partial charge in [-0.05, 0) is 31.2 Å². The van der Waals surface area contributed by atoms with E-state index in [1.54, 1.807) is 0 Å². The molecule has 1 unspecified atom stereocenters. The molecule has 0 radical (unpaired) electrons. The Labute approximate surface area is 107 Å². The molecule has 0 aliphatic heterocycles. The largest absolute Gasteiger partial charge is 0.490 e. The first kappa shape index (κ1) is 12.9. The lowest BCUT2D eigenvalue weighted by atomic mass is 10.2. The summed E-state index contributed by atoms with van der Waals surface area (Å²) in [6.45, 7) is 3.89. The molecule has 0 aliphatic rings. The molecule has 0 bridgehead atoms. The van der Waals surface area contributed by atoms with Crippen molar-refractivity contribution < 1.29 is 9.84 Å². The van der Waals surface area contributed by atoms with Crippen LogP contribution < -0.4 is 10.1 Å². The number of hydrogen-bond acceptors (Lipinski definition) is 3. The van der Waals surface area contributed by atoms with Gasteiger partial charge in [-0.1, -0.05) is 13.0 Å². The van der Waals surface area contributed by atoms with Gasteiger partial charge in [0, 0.05) is 23.6 Å². The van der Waals surface area contributed by atoms with Crippen molar-refractivity contribution in [2.24, 2.45) is 0 Å². The Kier molecular flexibility index (Phi) is 4.61. The number of H-pyrrole nitrogens is 1. The molecule has 4 nitrogen and oxygen atoms in total. The van der Waals surface area contributed by atoms with Crippen molar-refractivity contribution in [3.05, 3.63) is 30.5 Å². The van der Waals surface area contributed by atoms with Crippen LogP contribution in [-0.4, -0.2) is 35.9 Å². The summed E-state index contributed by atoms with van der Waals surface area (Å²) in [5.74, 6) is 0.809. The molecule has 2 rings (SSSR count).